The summed E-state index contributed by atoms with van der Waals surface area (Å²) in [6.07, 6.45) is 2.03. The number of fused-ring (bicyclic) bond motifs is 1. The molecule has 4 rings (SSSR count). The third-order valence-corrected chi connectivity index (χ3v) is 7.92. The molecule has 166 valence electrons. The molecule has 1 aliphatic carbocycles. The molecule has 9 heteroatoms. The molecule has 0 radical (unpaired) electrons. The quantitative estimate of drug-likeness (QED) is 0.562. The maximum Gasteiger partial charge on any atom is 0.289 e. The van der Waals surface area contributed by atoms with Crippen LogP contribution in [0, 0.1) is 17.0 Å². The van der Waals surface area contributed by atoms with Crippen LogP contribution in [0.25, 0.3) is 0 Å². The summed E-state index contributed by atoms with van der Waals surface area (Å²) in [6, 6.07) is 9.50. The number of hydrogen-bond acceptors (Lipinski definition) is 6. The van der Waals surface area contributed by atoms with E-state index in [9.17, 15) is 18.5 Å². The number of nitrogens with one attached hydrogen (secondary N) is 1. The van der Waals surface area contributed by atoms with Crippen LogP contribution in [0.1, 0.15) is 23.1 Å². The number of nitro benzene ring substituents is 1. The van der Waals surface area contributed by atoms with E-state index in [2.05, 4.69) is 40.6 Å². The number of para-hydroxylation sites is 1. The summed E-state index contributed by atoms with van der Waals surface area (Å²) < 4.78 is 28.7. The number of anilines is 1. The van der Waals surface area contributed by atoms with Gasteiger partial charge < -0.3 is 9.80 Å². The van der Waals surface area contributed by atoms with Crippen molar-refractivity contribution in [3.63, 3.8) is 0 Å². The Kier molecular flexibility index (Phi) is 6.00. The molecule has 0 saturated carbocycles. The van der Waals surface area contributed by atoms with Gasteiger partial charge in [0.25, 0.3) is 5.69 Å². The van der Waals surface area contributed by atoms with Gasteiger partial charge in [-0.3, -0.25) is 10.1 Å². The highest BCUT2D eigenvalue weighted by Gasteiger charge is 2.31. The normalized spacial score (nSPS) is 19.8. The Morgan fingerprint density at radius 2 is 1.77 bits per heavy atom. The molecule has 2 aromatic rings. The first-order valence-corrected chi connectivity index (χ1v) is 12.0. The van der Waals surface area contributed by atoms with E-state index in [1.54, 1.807) is 0 Å². The smallest absolute Gasteiger partial charge is 0.289 e. The van der Waals surface area contributed by atoms with Crippen LogP contribution >= 0.6 is 0 Å². The zero-order chi connectivity index (χ0) is 22.2. The van der Waals surface area contributed by atoms with Crippen molar-refractivity contribution in [1.82, 2.24) is 9.62 Å². The van der Waals surface area contributed by atoms with Crippen LogP contribution in [0.15, 0.2) is 41.3 Å². The highest BCUT2D eigenvalue weighted by atomic mass is 32.2. The van der Waals surface area contributed by atoms with E-state index in [1.165, 1.54) is 46.6 Å². The fourth-order valence-corrected chi connectivity index (χ4v) is 6.05. The Labute approximate surface area is 183 Å². The average Bonchev–Trinajstić information content (AvgIpc) is 2.74. The second kappa shape index (κ2) is 8.57. The molecule has 0 spiro atoms. The van der Waals surface area contributed by atoms with Crippen molar-refractivity contribution in [3.05, 3.63) is 63.2 Å². The molecule has 8 nitrogen and oxygen atoms in total. The fourth-order valence-electron chi connectivity index (χ4n) is 4.60. The molecule has 2 aliphatic rings. The maximum atomic E-state index is 13.0. The maximum absolute atomic E-state index is 13.0. The fraction of sp³-hybridized carbons (Fsp3) is 0.455. The molecule has 1 heterocycles. The van der Waals surface area contributed by atoms with Crippen molar-refractivity contribution in [3.8, 4) is 0 Å². The monoisotopic (exact) mass is 444 g/mol. The van der Waals surface area contributed by atoms with Gasteiger partial charge in [0.05, 0.1) is 4.92 Å². The van der Waals surface area contributed by atoms with Gasteiger partial charge >= 0.3 is 0 Å². The summed E-state index contributed by atoms with van der Waals surface area (Å²) in [5.74, 6) is 0. The number of rotatable bonds is 5. The van der Waals surface area contributed by atoms with Gasteiger partial charge in [-0.15, -0.1) is 0 Å². The molecule has 0 aromatic heterocycles. The van der Waals surface area contributed by atoms with Crippen molar-refractivity contribution in [2.75, 3.05) is 38.1 Å². The Hall–Kier alpha value is -2.49. The third-order valence-electron chi connectivity index (χ3n) is 6.35. The van der Waals surface area contributed by atoms with E-state index >= 15 is 0 Å². The van der Waals surface area contributed by atoms with Crippen LogP contribution in [-0.2, 0) is 22.9 Å². The van der Waals surface area contributed by atoms with Crippen molar-refractivity contribution >= 4 is 21.4 Å². The number of aryl methyl sites for hydroxylation is 1. The van der Waals surface area contributed by atoms with Gasteiger partial charge in [0.2, 0.25) is 10.0 Å². The largest absolute Gasteiger partial charge is 0.369 e. The van der Waals surface area contributed by atoms with Crippen molar-refractivity contribution < 1.29 is 13.3 Å². The molecule has 1 N–H and O–H groups in total. The molecule has 0 unspecified atom stereocenters. The minimum absolute atomic E-state index is 0.283. The summed E-state index contributed by atoms with van der Waals surface area (Å²) in [7, 11) is -1.88. The summed E-state index contributed by atoms with van der Waals surface area (Å²) in [5, 5.41) is 11.3. The predicted molar refractivity (Wildman–Crippen MR) is 120 cm³/mol. The highest BCUT2D eigenvalue weighted by molar-refractivity contribution is 7.89. The Balaban J connectivity index is 1.60. The standard InChI is InChI=1S/C22H28N4O4S/c1-16-7-10-20(25-13-11-24(2)12-14-25)19-15-17(8-9-18(16)19)23-31(29,30)22-6-4-3-5-21(22)26(27)28/h3-7,10,17,23H,8-9,11-15H2,1-2H3/t17-/m1/s1. The average molecular weight is 445 g/mol. The van der Waals surface area contributed by atoms with Gasteiger partial charge in [0.15, 0.2) is 4.90 Å². The van der Waals surface area contributed by atoms with E-state index in [0.717, 1.165) is 32.6 Å². The lowest BCUT2D eigenvalue weighted by Gasteiger charge is -2.37. The first-order chi connectivity index (χ1) is 14.8. The van der Waals surface area contributed by atoms with Crippen molar-refractivity contribution in [1.29, 1.82) is 0 Å². The summed E-state index contributed by atoms with van der Waals surface area (Å²) >= 11 is 0. The number of likely N-dealkylation sites (N-methyl/N-ethyl adjacent to an activating group) is 1. The molecular formula is C22H28N4O4S. The predicted octanol–water partition coefficient (Wildman–Crippen LogP) is 2.49. The second-order valence-electron chi connectivity index (χ2n) is 8.43. The van der Waals surface area contributed by atoms with E-state index < -0.39 is 20.6 Å². The Bertz CT molecular complexity index is 1090. The minimum Gasteiger partial charge on any atom is -0.369 e. The number of sulfonamides is 1. The van der Waals surface area contributed by atoms with Gasteiger partial charge in [-0.05, 0) is 62.1 Å². The lowest BCUT2D eigenvalue weighted by atomic mass is 9.84. The van der Waals surface area contributed by atoms with Gasteiger partial charge in [0, 0.05) is 44.0 Å². The number of benzene rings is 2. The van der Waals surface area contributed by atoms with Crippen LogP contribution in [-0.4, -0.2) is 57.5 Å². The van der Waals surface area contributed by atoms with Gasteiger partial charge in [-0.2, -0.15) is 0 Å². The SMILES string of the molecule is Cc1ccc(N2CCN(C)CC2)c2c1CC[C@@H](NS(=O)(=O)c1ccccc1[N+](=O)[O-])C2. The summed E-state index contributed by atoms with van der Waals surface area (Å²) in [6.45, 7) is 5.98. The molecule has 1 fully saturated rings. The van der Waals surface area contributed by atoms with Crippen LogP contribution in [0.3, 0.4) is 0 Å². The molecule has 0 amide bonds. The lowest BCUT2D eigenvalue weighted by Crippen LogP contribution is -2.45. The van der Waals surface area contributed by atoms with Crippen molar-refractivity contribution in [2.45, 2.75) is 37.1 Å². The zero-order valence-electron chi connectivity index (χ0n) is 17.9. The number of nitrogens with zero attached hydrogens (tertiary/aromatic N) is 3. The third kappa shape index (κ3) is 4.44. The topological polar surface area (TPSA) is 95.8 Å². The van der Waals surface area contributed by atoms with Crippen LogP contribution < -0.4 is 9.62 Å². The van der Waals surface area contributed by atoms with Crippen LogP contribution in [0.4, 0.5) is 11.4 Å². The Morgan fingerprint density at radius 1 is 1.06 bits per heavy atom. The van der Waals surface area contributed by atoms with Crippen LogP contribution in [0.5, 0.6) is 0 Å². The zero-order valence-corrected chi connectivity index (χ0v) is 18.7. The van der Waals surface area contributed by atoms with E-state index in [1.807, 2.05) is 0 Å². The van der Waals surface area contributed by atoms with E-state index in [4.69, 9.17) is 0 Å². The molecule has 2 aromatic carbocycles. The first kappa shape index (κ1) is 21.7. The molecule has 0 bridgehead atoms. The highest BCUT2D eigenvalue weighted by Crippen LogP contribution is 2.34. The summed E-state index contributed by atoms with van der Waals surface area (Å²) in [4.78, 5) is 15.1. The lowest BCUT2D eigenvalue weighted by molar-refractivity contribution is -0.387. The second-order valence-corrected chi connectivity index (χ2v) is 10.1. The molecule has 31 heavy (non-hydrogen) atoms. The van der Waals surface area contributed by atoms with Gasteiger partial charge in [0.1, 0.15) is 0 Å². The summed E-state index contributed by atoms with van der Waals surface area (Å²) in [5.41, 5.74) is 4.51. The number of nitro groups is 1. The van der Waals surface area contributed by atoms with Crippen molar-refractivity contribution in [2.24, 2.45) is 0 Å². The first-order valence-electron chi connectivity index (χ1n) is 10.6. The molecule has 1 aliphatic heterocycles. The van der Waals surface area contributed by atoms with E-state index in [0.29, 0.717) is 12.8 Å². The number of piperazine rings is 1. The molecular weight excluding hydrogens is 416 g/mol. The molecule has 1 atom stereocenters. The van der Waals surface area contributed by atoms with E-state index in [-0.39, 0.29) is 10.9 Å². The Morgan fingerprint density at radius 3 is 2.48 bits per heavy atom. The van der Waals surface area contributed by atoms with Crippen LogP contribution in [0.2, 0.25) is 0 Å². The minimum atomic E-state index is -4.01. The molecule has 1 saturated heterocycles. The number of hydrogen-bond donors (Lipinski definition) is 1. The van der Waals surface area contributed by atoms with Gasteiger partial charge in [-0.25, -0.2) is 13.1 Å². The van der Waals surface area contributed by atoms with Gasteiger partial charge in [-0.1, -0.05) is 18.2 Å².